The van der Waals surface area contributed by atoms with E-state index in [9.17, 15) is 9.59 Å². The summed E-state index contributed by atoms with van der Waals surface area (Å²) in [6, 6.07) is 1.84. The highest BCUT2D eigenvalue weighted by atomic mass is 16.2. The number of nitrogens with one attached hydrogen (secondary N) is 3. The number of carbonyl (C=O) groups is 2. The molecule has 2 amide bonds. The number of aromatic amines is 1. The molecule has 0 aliphatic heterocycles. The average Bonchev–Trinajstić information content (AvgIpc) is 2.97. The van der Waals surface area contributed by atoms with Gasteiger partial charge in [0.1, 0.15) is 0 Å². The van der Waals surface area contributed by atoms with Crippen molar-refractivity contribution in [1.82, 2.24) is 15.5 Å². The van der Waals surface area contributed by atoms with Gasteiger partial charge in [0.25, 0.3) is 0 Å². The number of carbonyl (C=O) groups excluding carboxylic acids is 2. The third-order valence-electron chi connectivity index (χ3n) is 3.52. The minimum absolute atomic E-state index is 0.0651. The molecule has 6 nitrogen and oxygen atoms in total. The highest BCUT2D eigenvalue weighted by molar-refractivity contribution is 5.90. The van der Waals surface area contributed by atoms with Crippen molar-refractivity contribution >= 4 is 17.6 Å². The van der Waals surface area contributed by atoms with Crippen LogP contribution in [-0.4, -0.2) is 28.6 Å². The Balaban J connectivity index is 1.65. The van der Waals surface area contributed by atoms with Gasteiger partial charge in [-0.1, -0.05) is 20.3 Å². The number of aromatic nitrogens is 2. The lowest BCUT2D eigenvalue weighted by Gasteiger charge is -2.04. The van der Waals surface area contributed by atoms with Gasteiger partial charge in [-0.3, -0.25) is 14.7 Å². The van der Waals surface area contributed by atoms with E-state index < -0.39 is 0 Å². The van der Waals surface area contributed by atoms with Crippen LogP contribution in [0.5, 0.6) is 0 Å². The van der Waals surface area contributed by atoms with E-state index >= 15 is 0 Å². The molecule has 1 heterocycles. The van der Waals surface area contributed by atoms with Gasteiger partial charge in [-0.05, 0) is 18.8 Å². The van der Waals surface area contributed by atoms with Gasteiger partial charge in [-0.2, -0.15) is 5.10 Å². The van der Waals surface area contributed by atoms with Crippen LogP contribution in [-0.2, 0) is 16.0 Å². The highest BCUT2D eigenvalue weighted by Gasteiger charge is 2.38. The first-order chi connectivity index (χ1) is 9.60. The van der Waals surface area contributed by atoms with Crippen LogP contribution >= 0.6 is 0 Å². The van der Waals surface area contributed by atoms with Crippen molar-refractivity contribution in [3.8, 4) is 0 Å². The van der Waals surface area contributed by atoms with Gasteiger partial charge in [0.2, 0.25) is 11.8 Å². The summed E-state index contributed by atoms with van der Waals surface area (Å²) in [6.45, 7) is 4.52. The van der Waals surface area contributed by atoms with Crippen LogP contribution in [0.4, 0.5) is 5.82 Å². The molecular formula is C14H22N4O2. The number of amides is 2. The predicted molar refractivity (Wildman–Crippen MR) is 76.1 cm³/mol. The molecule has 110 valence electrons. The molecule has 2 unspecified atom stereocenters. The first kappa shape index (κ1) is 14.6. The summed E-state index contributed by atoms with van der Waals surface area (Å²) in [6.07, 6.45) is 3.17. The van der Waals surface area contributed by atoms with E-state index in [1.54, 1.807) is 0 Å². The number of anilines is 1. The van der Waals surface area contributed by atoms with Gasteiger partial charge < -0.3 is 10.6 Å². The van der Waals surface area contributed by atoms with E-state index in [0.29, 0.717) is 18.3 Å². The molecule has 0 aromatic carbocycles. The minimum atomic E-state index is -0.135. The quantitative estimate of drug-likeness (QED) is 0.705. The van der Waals surface area contributed by atoms with Crippen LogP contribution in [0.1, 0.15) is 38.8 Å². The van der Waals surface area contributed by atoms with E-state index in [4.69, 9.17) is 0 Å². The second-order valence-corrected chi connectivity index (χ2v) is 5.44. The Kier molecular flexibility index (Phi) is 4.76. The van der Waals surface area contributed by atoms with Gasteiger partial charge in [0, 0.05) is 30.6 Å². The van der Waals surface area contributed by atoms with Gasteiger partial charge in [-0.15, -0.1) is 0 Å². The van der Waals surface area contributed by atoms with Gasteiger partial charge in [0.15, 0.2) is 5.82 Å². The highest BCUT2D eigenvalue weighted by Crippen LogP contribution is 2.37. The summed E-state index contributed by atoms with van der Waals surface area (Å²) >= 11 is 0. The number of nitrogens with zero attached hydrogens (tertiary/aromatic N) is 1. The summed E-state index contributed by atoms with van der Waals surface area (Å²) < 4.78 is 0. The molecule has 0 spiro atoms. The predicted octanol–water partition coefficient (Wildman–Crippen LogP) is 1.46. The van der Waals surface area contributed by atoms with E-state index in [-0.39, 0.29) is 24.2 Å². The minimum Gasteiger partial charge on any atom is -0.355 e. The van der Waals surface area contributed by atoms with Crippen molar-refractivity contribution in [2.45, 2.75) is 39.5 Å². The fourth-order valence-corrected chi connectivity index (χ4v) is 2.15. The van der Waals surface area contributed by atoms with E-state index in [1.165, 1.54) is 0 Å². The summed E-state index contributed by atoms with van der Waals surface area (Å²) in [5.41, 5.74) is 1.01. The standard InChI is InChI=1S/C14H22N4O2/c1-3-4-10-8-12(18-17-10)16-13(19)5-6-15-14(20)11-7-9(11)2/h8-9,11H,3-7H2,1-2H3,(H,15,20)(H2,16,17,18,19). The third kappa shape index (κ3) is 4.08. The van der Waals surface area contributed by atoms with Crippen LogP contribution in [0.25, 0.3) is 0 Å². The molecule has 1 saturated carbocycles. The Morgan fingerprint density at radius 2 is 2.25 bits per heavy atom. The molecule has 0 bridgehead atoms. The lowest BCUT2D eigenvalue weighted by Crippen LogP contribution is -2.29. The maximum atomic E-state index is 11.7. The van der Waals surface area contributed by atoms with E-state index in [2.05, 4.69) is 34.7 Å². The molecule has 2 rings (SSSR count). The zero-order valence-corrected chi connectivity index (χ0v) is 12.0. The molecule has 3 N–H and O–H groups in total. The van der Waals surface area contributed by atoms with Crippen LogP contribution in [0.3, 0.4) is 0 Å². The molecule has 2 atom stereocenters. The molecule has 20 heavy (non-hydrogen) atoms. The second-order valence-electron chi connectivity index (χ2n) is 5.44. The van der Waals surface area contributed by atoms with Gasteiger partial charge in [0.05, 0.1) is 0 Å². The number of H-pyrrole nitrogens is 1. The lowest BCUT2D eigenvalue weighted by atomic mass is 10.2. The summed E-state index contributed by atoms with van der Waals surface area (Å²) in [5, 5.41) is 12.4. The smallest absolute Gasteiger partial charge is 0.227 e. The lowest BCUT2D eigenvalue weighted by molar-refractivity contribution is -0.122. The monoisotopic (exact) mass is 278 g/mol. The van der Waals surface area contributed by atoms with Gasteiger partial charge in [-0.25, -0.2) is 0 Å². The average molecular weight is 278 g/mol. The maximum Gasteiger partial charge on any atom is 0.227 e. The van der Waals surface area contributed by atoms with Crippen molar-refractivity contribution < 1.29 is 9.59 Å². The molecule has 1 aromatic heterocycles. The normalized spacial score (nSPS) is 20.5. The number of hydrogen-bond donors (Lipinski definition) is 3. The molecule has 1 aliphatic carbocycles. The molecule has 0 saturated heterocycles. The molecule has 1 fully saturated rings. The first-order valence-electron chi connectivity index (χ1n) is 7.22. The number of aryl methyl sites for hydroxylation is 1. The van der Waals surface area contributed by atoms with Crippen molar-refractivity contribution in [3.05, 3.63) is 11.8 Å². The van der Waals surface area contributed by atoms with Crippen molar-refractivity contribution in [3.63, 3.8) is 0 Å². The van der Waals surface area contributed by atoms with Crippen LogP contribution in [0, 0.1) is 11.8 Å². The maximum absolute atomic E-state index is 11.7. The molecule has 6 heteroatoms. The summed E-state index contributed by atoms with van der Waals surface area (Å²) in [7, 11) is 0. The fraction of sp³-hybridized carbons (Fsp3) is 0.643. The Morgan fingerprint density at radius 3 is 2.90 bits per heavy atom. The largest absolute Gasteiger partial charge is 0.355 e. The topological polar surface area (TPSA) is 86.9 Å². The molecular weight excluding hydrogens is 256 g/mol. The summed E-state index contributed by atoms with van der Waals surface area (Å²) in [5.74, 6) is 1.12. The first-order valence-corrected chi connectivity index (χ1v) is 7.22. The van der Waals surface area contributed by atoms with Crippen molar-refractivity contribution in [1.29, 1.82) is 0 Å². The SMILES string of the molecule is CCCc1cc(NC(=O)CCNC(=O)C2CC2C)n[nH]1. The molecule has 1 aromatic rings. The molecule has 1 aliphatic rings. The zero-order valence-electron chi connectivity index (χ0n) is 12.0. The summed E-state index contributed by atoms with van der Waals surface area (Å²) in [4.78, 5) is 23.3. The van der Waals surface area contributed by atoms with Crippen LogP contribution in [0.2, 0.25) is 0 Å². The third-order valence-corrected chi connectivity index (χ3v) is 3.52. The van der Waals surface area contributed by atoms with E-state index in [0.717, 1.165) is 25.0 Å². The van der Waals surface area contributed by atoms with E-state index in [1.807, 2.05) is 6.07 Å². The second kappa shape index (κ2) is 6.54. The van der Waals surface area contributed by atoms with Crippen molar-refractivity contribution in [2.24, 2.45) is 11.8 Å². The Bertz CT molecular complexity index is 483. The number of rotatable bonds is 7. The van der Waals surface area contributed by atoms with Gasteiger partial charge >= 0.3 is 0 Å². The molecule has 0 radical (unpaired) electrons. The fourth-order valence-electron chi connectivity index (χ4n) is 2.15. The van der Waals surface area contributed by atoms with Crippen LogP contribution in [0.15, 0.2) is 6.07 Å². The Morgan fingerprint density at radius 1 is 1.50 bits per heavy atom. The number of hydrogen-bond acceptors (Lipinski definition) is 3. The Hall–Kier alpha value is -1.85. The van der Waals surface area contributed by atoms with Crippen molar-refractivity contribution in [2.75, 3.05) is 11.9 Å². The Labute approximate surface area is 118 Å². The zero-order chi connectivity index (χ0) is 14.5. The van der Waals surface area contributed by atoms with Crippen LogP contribution < -0.4 is 10.6 Å².